The molecule has 0 unspecified atom stereocenters. The van der Waals surface area contributed by atoms with Gasteiger partial charge in [0.05, 0.1) is 0 Å². The van der Waals surface area contributed by atoms with E-state index in [1.165, 1.54) is 0 Å². The van der Waals surface area contributed by atoms with Crippen LogP contribution in [0.25, 0.3) is 0 Å². The van der Waals surface area contributed by atoms with Crippen molar-refractivity contribution in [3.63, 3.8) is 0 Å². The summed E-state index contributed by atoms with van der Waals surface area (Å²) in [6.45, 7) is 0.502. The van der Waals surface area contributed by atoms with Gasteiger partial charge in [0.15, 0.2) is 0 Å². The van der Waals surface area contributed by atoms with Gasteiger partial charge < -0.3 is 10.3 Å². The van der Waals surface area contributed by atoms with E-state index in [0.717, 1.165) is 10.0 Å². The number of rotatable bonds is 4. The van der Waals surface area contributed by atoms with Gasteiger partial charge in [0, 0.05) is 18.1 Å². The van der Waals surface area contributed by atoms with Gasteiger partial charge in [0.1, 0.15) is 11.5 Å². The number of nitrogens with two attached hydrogens (primary N) is 1. The number of nitrogens with one attached hydrogen (secondary N) is 1. The number of anilines is 1. The van der Waals surface area contributed by atoms with Crippen LogP contribution in [0.15, 0.2) is 46.9 Å². The van der Waals surface area contributed by atoms with Gasteiger partial charge in [-0.15, -0.1) is 0 Å². The average Bonchev–Trinajstić information content (AvgIpc) is 2.48. The molecule has 104 valence electrons. The van der Waals surface area contributed by atoms with Crippen LogP contribution in [0.3, 0.4) is 0 Å². The Hall–Kier alpha value is -1.92. The predicted octanol–water partition coefficient (Wildman–Crippen LogP) is 2.40. The molecule has 2 rings (SSSR count). The van der Waals surface area contributed by atoms with E-state index in [1.807, 2.05) is 24.3 Å². The Kier molecular flexibility index (Phi) is 4.70. The second-order valence-electron chi connectivity index (χ2n) is 4.31. The molecule has 1 aromatic heterocycles. The van der Waals surface area contributed by atoms with Crippen LogP contribution >= 0.6 is 15.9 Å². The van der Waals surface area contributed by atoms with E-state index in [1.54, 1.807) is 30.1 Å². The minimum Gasteiger partial charge on any atom is -0.336 e. The maximum Gasteiger partial charge on any atom is 0.272 e. The molecule has 6 heteroatoms. The maximum absolute atomic E-state index is 12.3. The van der Waals surface area contributed by atoms with Gasteiger partial charge in [-0.3, -0.25) is 4.79 Å². The minimum atomic E-state index is -0.155. The van der Waals surface area contributed by atoms with Gasteiger partial charge in [-0.25, -0.2) is 10.8 Å². The molecule has 0 atom stereocenters. The number of aromatic nitrogens is 1. The summed E-state index contributed by atoms with van der Waals surface area (Å²) in [7, 11) is 1.74. The highest BCUT2D eigenvalue weighted by Crippen LogP contribution is 2.18. The van der Waals surface area contributed by atoms with E-state index in [-0.39, 0.29) is 5.91 Å². The maximum atomic E-state index is 12.3. The van der Waals surface area contributed by atoms with E-state index in [0.29, 0.717) is 18.1 Å². The zero-order valence-electron chi connectivity index (χ0n) is 11.0. The summed E-state index contributed by atoms with van der Waals surface area (Å²) in [5.74, 6) is 5.60. The number of halogens is 1. The van der Waals surface area contributed by atoms with Crippen molar-refractivity contribution < 1.29 is 4.79 Å². The van der Waals surface area contributed by atoms with Gasteiger partial charge in [-0.1, -0.05) is 40.2 Å². The van der Waals surface area contributed by atoms with Crippen LogP contribution in [0.1, 0.15) is 16.1 Å². The SMILES string of the molecule is CN(Cc1ccccc1Br)C(=O)c1cccc(NN)n1. The van der Waals surface area contributed by atoms with E-state index in [9.17, 15) is 4.79 Å². The molecule has 2 aromatic rings. The van der Waals surface area contributed by atoms with Crippen molar-refractivity contribution in [2.24, 2.45) is 5.84 Å². The van der Waals surface area contributed by atoms with Crippen molar-refractivity contribution in [2.45, 2.75) is 6.54 Å². The van der Waals surface area contributed by atoms with Crippen LogP contribution in [-0.4, -0.2) is 22.8 Å². The second kappa shape index (κ2) is 6.49. The van der Waals surface area contributed by atoms with Crippen LogP contribution in [0.2, 0.25) is 0 Å². The zero-order valence-corrected chi connectivity index (χ0v) is 12.6. The van der Waals surface area contributed by atoms with Gasteiger partial charge in [0.2, 0.25) is 0 Å². The molecule has 0 spiro atoms. The summed E-state index contributed by atoms with van der Waals surface area (Å²) in [6, 6.07) is 12.9. The Morgan fingerprint density at radius 1 is 1.30 bits per heavy atom. The molecule has 1 amide bonds. The lowest BCUT2D eigenvalue weighted by atomic mass is 10.2. The second-order valence-corrected chi connectivity index (χ2v) is 5.16. The first-order valence-corrected chi connectivity index (χ1v) is 6.83. The first-order chi connectivity index (χ1) is 9.61. The predicted molar refractivity (Wildman–Crippen MR) is 82.0 cm³/mol. The third-order valence-corrected chi connectivity index (χ3v) is 3.60. The summed E-state index contributed by atoms with van der Waals surface area (Å²) in [5, 5.41) is 0. The molecule has 0 radical (unpaired) electrons. The van der Waals surface area contributed by atoms with Crippen molar-refractivity contribution in [1.29, 1.82) is 0 Å². The van der Waals surface area contributed by atoms with Crippen molar-refractivity contribution in [1.82, 2.24) is 9.88 Å². The van der Waals surface area contributed by atoms with E-state index < -0.39 is 0 Å². The number of hydrogen-bond donors (Lipinski definition) is 2. The highest BCUT2D eigenvalue weighted by molar-refractivity contribution is 9.10. The number of benzene rings is 1. The number of amides is 1. The molecule has 0 aliphatic rings. The Labute approximate surface area is 125 Å². The lowest BCUT2D eigenvalue weighted by Gasteiger charge is -2.18. The van der Waals surface area contributed by atoms with E-state index in [4.69, 9.17) is 5.84 Å². The molecule has 20 heavy (non-hydrogen) atoms. The van der Waals surface area contributed by atoms with Crippen LogP contribution in [0.5, 0.6) is 0 Å². The number of nitrogens with zero attached hydrogens (tertiary/aromatic N) is 2. The molecule has 5 nitrogen and oxygen atoms in total. The fraction of sp³-hybridized carbons (Fsp3) is 0.143. The summed E-state index contributed by atoms with van der Waals surface area (Å²) in [6.07, 6.45) is 0. The van der Waals surface area contributed by atoms with Crippen molar-refractivity contribution in [3.8, 4) is 0 Å². The number of nitrogen functional groups attached to an aromatic ring is 1. The highest BCUT2D eigenvalue weighted by Gasteiger charge is 2.14. The molecule has 0 aliphatic heterocycles. The third-order valence-electron chi connectivity index (χ3n) is 2.83. The molecule has 0 fully saturated rings. The summed E-state index contributed by atoms with van der Waals surface area (Å²) >= 11 is 3.47. The minimum absolute atomic E-state index is 0.155. The van der Waals surface area contributed by atoms with Crippen LogP contribution in [0, 0.1) is 0 Å². The first kappa shape index (κ1) is 14.5. The molecule has 1 heterocycles. The van der Waals surface area contributed by atoms with Crippen molar-refractivity contribution in [3.05, 3.63) is 58.2 Å². The normalized spacial score (nSPS) is 10.2. The first-order valence-electron chi connectivity index (χ1n) is 6.04. The van der Waals surface area contributed by atoms with E-state index in [2.05, 4.69) is 26.3 Å². The monoisotopic (exact) mass is 334 g/mol. The molecular weight excluding hydrogens is 320 g/mol. The molecular formula is C14H15BrN4O. The number of carbonyl (C=O) groups excluding carboxylic acids is 1. The molecule has 1 aromatic carbocycles. The van der Waals surface area contributed by atoms with Gasteiger partial charge in [0.25, 0.3) is 5.91 Å². The number of hydrogen-bond acceptors (Lipinski definition) is 4. The summed E-state index contributed by atoms with van der Waals surface area (Å²) in [4.78, 5) is 18.1. The summed E-state index contributed by atoms with van der Waals surface area (Å²) in [5.41, 5.74) is 3.83. The van der Waals surface area contributed by atoms with Crippen LogP contribution in [0.4, 0.5) is 5.82 Å². The quantitative estimate of drug-likeness (QED) is 0.665. The average molecular weight is 335 g/mol. The Morgan fingerprint density at radius 2 is 2.05 bits per heavy atom. The molecule has 3 N–H and O–H groups in total. The zero-order chi connectivity index (χ0) is 14.5. The Morgan fingerprint density at radius 3 is 2.75 bits per heavy atom. The van der Waals surface area contributed by atoms with E-state index >= 15 is 0 Å². The fourth-order valence-electron chi connectivity index (χ4n) is 1.78. The van der Waals surface area contributed by atoms with Gasteiger partial charge in [-0.2, -0.15) is 0 Å². The molecule has 0 aliphatic carbocycles. The smallest absolute Gasteiger partial charge is 0.272 e. The fourth-order valence-corrected chi connectivity index (χ4v) is 2.19. The molecule has 0 bridgehead atoms. The Balaban J connectivity index is 2.14. The summed E-state index contributed by atoms with van der Waals surface area (Å²) < 4.78 is 0.977. The Bertz CT molecular complexity index is 618. The topological polar surface area (TPSA) is 71.2 Å². The highest BCUT2D eigenvalue weighted by atomic mass is 79.9. The van der Waals surface area contributed by atoms with Crippen LogP contribution < -0.4 is 11.3 Å². The van der Waals surface area contributed by atoms with Crippen molar-refractivity contribution in [2.75, 3.05) is 12.5 Å². The number of carbonyl (C=O) groups is 1. The number of pyridine rings is 1. The van der Waals surface area contributed by atoms with Gasteiger partial charge in [-0.05, 0) is 23.8 Å². The standard InChI is InChI=1S/C14H15BrN4O/c1-19(9-10-5-2-3-6-11(10)15)14(20)12-7-4-8-13(17-12)18-16/h2-8H,9,16H2,1H3,(H,17,18). The largest absolute Gasteiger partial charge is 0.336 e. The third kappa shape index (κ3) is 3.34. The number of hydrazine groups is 1. The lowest BCUT2D eigenvalue weighted by Crippen LogP contribution is -2.27. The van der Waals surface area contributed by atoms with Crippen LogP contribution in [-0.2, 0) is 6.54 Å². The van der Waals surface area contributed by atoms with Crippen molar-refractivity contribution >= 4 is 27.7 Å². The lowest BCUT2D eigenvalue weighted by molar-refractivity contribution is 0.0779. The van der Waals surface area contributed by atoms with Gasteiger partial charge >= 0.3 is 0 Å². The molecule has 0 saturated carbocycles. The molecule has 0 saturated heterocycles.